The fourth-order valence-corrected chi connectivity index (χ4v) is 1.23. The van der Waals surface area contributed by atoms with Crippen molar-refractivity contribution in [3.05, 3.63) is 41.9 Å². The Balaban J connectivity index is 2.33. The summed E-state index contributed by atoms with van der Waals surface area (Å²) in [6.07, 6.45) is 1.46. The number of hydrogen-bond donors (Lipinski definition) is 1. The predicted octanol–water partition coefficient (Wildman–Crippen LogP) is 2.44. The Morgan fingerprint density at radius 2 is 2.00 bits per heavy atom. The van der Waals surface area contributed by atoms with Crippen molar-refractivity contribution in [2.24, 2.45) is 0 Å². The van der Waals surface area contributed by atoms with Crippen LogP contribution in [-0.4, -0.2) is 9.97 Å². The minimum atomic E-state index is -0.750. The number of nitrogens with two attached hydrogens (primary N) is 1. The number of ether oxygens (including phenoxy) is 1. The Morgan fingerprint density at radius 1 is 1.24 bits per heavy atom. The number of anilines is 1. The zero-order chi connectivity index (χ0) is 12.4. The van der Waals surface area contributed by atoms with Gasteiger partial charge < -0.3 is 10.5 Å². The molecule has 0 amide bonds. The van der Waals surface area contributed by atoms with Gasteiger partial charge in [-0.3, -0.25) is 0 Å². The quantitative estimate of drug-likeness (QED) is 0.815. The molecule has 0 atom stereocenters. The van der Waals surface area contributed by atoms with Gasteiger partial charge in [-0.15, -0.1) is 0 Å². The van der Waals surface area contributed by atoms with Crippen LogP contribution in [0.4, 0.5) is 14.5 Å². The Hall–Kier alpha value is -2.24. The molecule has 2 aromatic rings. The van der Waals surface area contributed by atoms with E-state index in [1.807, 2.05) is 0 Å². The normalized spacial score (nSPS) is 10.3. The molecule has 0 fully saturated rings. The summed E-state index contributed by atoms with van der Waals surface area (Å²) in [6, 6.07) is 3.18. The fourth-order valence-electron chi connectivity index (χ4n) is 1.23. The van der Waals surface area contributed by atoms with E-state index in [0.29, 0.717) is 5.82 Å². The Bertz CT molecular complexity index is 560. The zero-order valence-corrected chi connectivity index (χ0v) is 8.95. The van der Waals surface area contributed by atoms with Crippen LogP contribution in [0.1, 0.15) is 5.82 Å². The van der Waals surface area contributed by atoms with Gasteiger partial charge in [-0.1, -0.05) is 0 Å². The van der Waals surface area contributed by atoms with Crippen molar-refractivity contribution in [2.45, 2.75) is 6.92 Å². The van der Waals surface area contributed by atoms with Crippen molar-refractivity contribution in [3.8, 4) is 11.6 Å². The average molecular weight is 237 g/mol. The zero-order valence-electron chi connectivity index (χ0n) is 8.95. The molecule has 0 saturated carbocycles. The van der Waals surface area contributed by atoms with Crippen LogP contribution in [0, 0.1) is 18.6 Å². The highest BCUT2D eigenvalue weighted by Gasteiger charge is 2.10. The molecule has 0 saturated heterocycles. The lowest BCUT2D eigenvalue weighted by atomic mass is 10.3. The van der Waals surface area contributed by atoms with E-state index in [2.05, 4.69) is 9.97 Å². The smallest absolute Gasteiger partial charge is 0.222 e. The lowest BCUT2D eigenvalue weighted by Crippen LogP contribution is -1.97. The summed E-state index contributed by atoms with van der Waals surface area (Å²) < 4.78 is 31.6. The maximum Gasteiger partial charge on any atom is 0.222 e. The van der Waals surface area contributed by atoms with E-state index < -0.39 is 11.6 Å². The van der Waals surface area contributed by atoms with Gasteiger partial charge in [-0.05, 0) is 6.92 Å². The van der Waals surface area contributed by atoms with Crippen molar-refractivity contribution in [1.29, 1.82) is 0 Å². The molecule has 6 heteroatoms. The van der Waals surface area contributed by atoms with Crippen molar-refractivity contribution in [3.63, 3.8) is 0 Å². The van der Waals surface area contributed by atoms with Crippen LogP contribution in [-0.2, 0) is 0 Å². The van der Waals surface area contributed by atoms with Crippen LogP contribution in [0.3, 0.4) is 0 Å². The number of benzene rings is 1. The minimum Gasteiger partial charge on any atom is -0.436 e. The largest absolute Gasteiger partial charge is 0.436 e. The van der Waals surface area contributed by atoms with Gasteiger partial charge in [0.25, 0.3) is 0 Å². The third-order valence-electron chi connectivity index (χ3n) is 2.02. The summed E-state index contributed by atoms with van der Waals surface area (Å²) in [4.78, 5) is 7.76. The summed E-state index contributed by atoms with van der Waals surface area (Å²) >= 11 is 0. The molecule has 0 aliphatic rings. The van der Waals surface area contributed by atoms with E-state index in [4.69, 9.17) is 10.5 Å². The van der Waals surface area contributed by atoms with Gasteiger partial charge in [0.15, 0.2) is 11.6 Å². The number of halogens is 2. The van der Waals surface area contributed by atoms with Crippen LogP contribution in [0.25, 0.3) is 0 Å². The molecule has 1 heterocycles. The van der Waals surface area contributed by atoms with E-state index in [9.17, 15) is 8.78 Å². The van der Waals surface area contributed by atoms with E-state index in [0.717, 1.165) is 12.1 Å². The molecule has 0 radical (unpaired) electrons. The molecule has 2 rings (SSSR count). The lowest BCUT2D eigenvalue weighted by Gasteiger charge is -2.07. The molecule has 1 aromatic heterocycles. The molecule has 0 spiro atoms. The van der Waals surface area contributed by atoms with Crippen LogP contribution in [0.5, 0.6) is 11.6 Å². The van der Waals surface area contributed by atoms with E-state index in [1.165, 1.54) is 12.3 Å². The number of hydrogen-bond acceptors (Lipinski definition) is 4. The third kappa shape index (κ3) is 2.47. The van der Waals surface area contributed by atoms with E-state index >= 15 is 0 Å². The topological polar surface area (TPSA) is 61.0 Å². The SMILES string of the molecule is Cc1nccc(Oc2cc(F)c(N)cc2F)n1. The summed E-state index contributed by atoms with van der Waals surface area (Å²) in [6.45, 7) is 1.66. The molecule has 17 heavy (non-hydrogen) atoms. The second kappa shape index (κ2) is 4.32. The van der Waals surface area contributed by atoms with Gasteiger partial charge in [0, 0.05) is 24.4 Å². The Kier molecular flexibility index (Phi) is 2.86. The molecule has 0 bridgehead atoms. The highest BCUT2D eigenvalue weighted by molar-refractivity contribution is 5.45. The molecule has 2 N–H and O–H groups in total. The molecule has 0 aliphatic carbocycles. The predicted molar refractivity (Wildman–Crippen MR) is 57.6 cm³/mol. The first-order valence-corrected chi connectivity index (χ1v) is 4.78. The van der Waals surface area contributed by atoms with Crippen LogP contribution >= 0.6 is 0 Å². The summed E-state index contributed by atoms with van der Waals surface area (Å²) in [7, 11) is 0. The molecule has 4 nitrogen and oxygen atoms in total. The highest BCUT2D eigenvalue weighted by atomic mass is 19.1. The highest BCUT2D eigenvalue weighted by Crippen LogP contribution is 2.26. The molecule has 88 valence electrons. The van der Waals surface area contributed by atoms with Gasteiger partial charge in [0.05, 0.1) is 5.69 Å². The lowest BCUT2D eigenvalue weighted by molar-refractivity contribution is 0.421. The number of rotatable bonds is 2. The second-order valence-electron chi connectivity index (χ2n) is 3.35. The standard InChI is InChI=1S/C11H9F2N3O/c1-6-15-3-2-11(16-6)17-10-5-7(12)9(14)4-8(10)13/h2-5H,14H2,1H3. The van der Waals surface area contributed by atoms with Gasteiger partial charge >= 0.3 is 0 Å². The molecule has 0 unspecified atom stereocenters. The first-order chi connectivity index (χ1) is 8.06. The molecular weight excluding hydrogens is 228 g/mol. The number of nitrogens with zero attached hydrogens (tertiary/aromatic N) is 2. The van der Waals surface area contributed by atoms with Gasteiger partial charge in [0.1, 0.15) is 11.6 Å². The second-order valence-corrected chi connectivity index (χ2v) is 3.35. The molecule has 1 aromatic carbocycles. The Labute approximate surface area is 96.1 Å². The first-order valence-electron chi connectivity index (χ1n) is 4.78. The number of aromatic nitrogens is 2. The Morgan fingerprint density at radius 3 is 2.71 bits per heavy atom. The fraction of sp³-hybridized carbons (Fsp3) is 0.0909. The van der Waals surface area contributed by atoms with Crippen LogP contribution in [0.15, 0.2) is 24.4 Å². The summed E-state index contributed by atoms with van der Waals surface area (Å²) in [5.41, 5.74) is 4.94. The van der Waals surface area contributed by atoms with Crippen molar-refractivity contribution in [1.82, 2.24) is 9.97 Å². The molecular formula is C11H9F2N3O. The summed E-state index contributed by atoms with van der Waals surface area (Å²) in [5.74, 6) is -1.15. The first kappa shape index (κ1) is 11.3. The monoisotopic (exact) mass is 237 g/mol. The maximum atomic E-state index is 13.4. The van der Waals surface area contributed by atoms with E-state index in [-0.39, 0.29) is 17.3 Å². The number of aryl methyl sites for hydroxylation is 1. The van der Waals surface area contributed by atoms with Crippen LogP contribution < -0.4 is 10.5 Å². The summed E-state index contributed by atoms with van der Waals surface area (Å²) in [5, 5.41) is 0. The number of nitrogen functional groups attached to an aromatic ring is 1. The van der Waals surface area contributed by atoms with Gasteiger partial charge in [0.2, 0.25) is 5.88 Å². The maximum absolute atomic E-state index is 13.4. The van der Waals surface area contributed by atoms with Crippen molar-refractivity contribution < 1.29 is 13.5 Å². The van der Waals surface area contributed by atoms with Crippen LogP contribution in [0.2, 0.25) is 0 Å². The average Bonchev–Trinajstić information content (AvgIpc) is 2.26. The van der Waals surface area contributed by atoms with Gasteiger partial charge in [-0.2, -0.15) is 4.98 Å². The third-order valence-corrected chi connectivity index (χ3v) is 2.02. The van der Waals surface area contributed by atoms with E-state index in [1.54, 1.807) is 6.92 Å². The van der Waals surface area contributed by atoms with Gasteiger partial charge in [-0.25, -0.2) is 13.8 Å². The minimum absolute atomic E-state index is 0.139. The molecule has 0 aliphatic heterocycles. The van der Waals surface area contributed by atoms with Crippen molar-refractivity contribution in [2.75, 3.05) is 5.73 Å². The van der Waals surface area contributed by atoms with Crippen molar-refractivity contribution >= 4 is 5.69 Å².